The number of nitro groups is 1. The maximum absolute atomic E-state index is 12.2. The fourth-order valence-electron chi connectivity index (χ4n) is 2.32. The van der Waals surface area contributed by atoms with Gasteiger partial charge in [-0.25, -0.2) is 9.78 Å². The number of hydrogen-bond acceptors (Lipinski definition) is 6. The van der Waals surface area contributed by atoms with Crippen LogP contribution in [0.15, 0.2) is 23.4 Å². The van der Waals surface area contributed by atoms with Gasteiger partial charge in [-0.1, -0.05) is 0 Å². The highest BCUT2D eigenvalue weighted by molar-refractivity contribution is 7.99. The van der Waals surface area contributed by atoms with Gasteiger partial charge in [0.2, 0.25) is 0 Å². The van der Waals surface area contributed by atoms with Gasteiger partial charge in [0, 0.05) is 24.4 Å². The van der Waals surface area contributed by atoms with Crippen molar-refractivity contribution in [3.8, 4) is 0 Å². The lowest BCUT2D eigenvalue weighted by Gasteiger charge is -2.28. The van der Waals surface area contributed by atoms with Gasteiger partial charge in [0.1, 0.15) is 11.8 Å². The van der Waals surface area contributed by atoms with Gasteiger partial charge in [-0.2, -0.15) is 0 Å². The molecule has 1 saturated heterocycles. The van der Waals surface area contributed by atoms with Crippen LogP contribution in [-0.4, -0.2) is 44.8 Å². The average molecular weight is 339 g/mol. The van der Waals surface area contributed by atoms with E-state index in [-0.39, 0.29) is 17.8 Å². The van der Waals surface area contributed by atoms with Crippen molar-refractivity contribution in [2.45, 2.75) is 50.3 Å². The second-order valence-corrected chi connectivity index (χ2v) is 7.43. The molecule has 0 saturated carbocycles. The molecule has 0 spiro atoms. The number of pyridine rings is 1. The Kier molecular flexibility index (Phi) is 5.46. The summed E-state index contributed by atoms with van der Waals surface area (Å²) < 4.78 is 5.43. The molecule has 0 N–H and O–H groups in total. The average Bonchev–Trinajstić information content (AvgIpc) is 2.92. The van der Waals surface area contributed by atoms with Gasteiger partial charge in [0.05, 0.1) is 9.95 Å². The number of carbonyl (C=O) groups excluding carboxylic acids is 1. The van der Waals surface area contributed by atoms with E-state index >= 15 is 0 Å². The van der Waals surface area contributed by atoms with E-state index in [0.29, 0.717) is 17.3 Å². The summed E-state index contributed by atoms with van der Waals surface area (Å²) in [4.78, 5) is 28.2. The van der Waals surface area contributed by atoms with Crippen molar-refractivity contribution in [1.82, 2.24) is 9.88 Å². The van der Waals surface area contributed by atoms with E-state index in [1.807, 2.05) is 20.8 Å². The number of likely N-dealkylation sites (tertiary alicyclic amines) is 1. The molecule has 1 aliphatic rings. The quantitative estimate of drug-likeness (QED) is 0.474. The van der Waals surface area contributed by atoms with Crippen molar-refractivity contribution in [3.63, 3.8) is 0 Å². The lowest BCUT2D eigenvalue weighted by Crippen LogP contribution is -2.40. The fraction of sp³-hybridized carbons (Fsp3) is 0.600. The van der Waals surface area contributed by atoms with Gasteiger partial charge in [-0.05, 0) is 39.7 Å². The molecule has 0 aliphatic carbocycles. The molecule has 7 nitrogen and oxygen atoms in total. The topological polar surface area (TPSA) is 85.6 Å². The number of hydrogen-bond donors (Lipinski definition) is 0. The Hall–Kier alpha value is -1.83. The molecule has 0 bridgehead atoms. The van der Waals surface area contributed by atoms with E-state index in [1.165, 1.54) is 24.0 Å². The van der Waals surface area contributed by atoms with Crippen molar-refractivity contribution in [1.29, 1.82) is 0 Å². The third kappa shape index (κ3) is 5.09. The van der Waals surface area contributed by atoms with Crippen LogP contribution in [0.1, 0.15) is 33.6 Å². The van der Waals surface area contributed by atoms with Gasteiger partial charge >= 0.3 is 6.09 Å². The first-order valence-corrected chi connectivity index (χ1v) is 8.48. The lowest BCUT2D eigenvalue weighted by molar-refractivity contribution is -0.385. The lowest BCUT2D eigenvalue weighted by atomic mass is 10.2. The number of amides is 1. The number of thioether (sulfide) groups is 1. The molecule has 0 radical (unpaired) electrons. The number of carbonyl (C=O) groups is 1. The molecule has 1 atom stereocenters. The maximum Gasteiger partial charge on any atom is 0.410 e. The van der Waals surface area contributed by atoms with Crippen LogP contribution in [-0.2, 0) is 4.74 Å². The van der Waals surface area contributed by atoms with Crippen LogP contribution in [0.25, 0.3) is 0 Å². The zero-order valence-electron chi connectivity index (χ0n) is 13.5. The SMILES string of the molecule is CC(C)(C)OC(=O)N1CCCC1CSc1ccc([N+](=O)[O-])cn1. The van der Waals surface area contributed by atoms with Crippen LogP contribution in [0.2, 0.25) is 0 Å². The van der Waals surface area contributed by atoms with Gasteiger partial charge < -0.3 is 9.64 Å². The third-order valence-electron chi connectivity index (χ3n) is 3.36. The molecule has 2 heterocycles. The van der Waals surface area contributed by atoms with Crippen molar-refractivity contribution in [2.24, 2.45) is 0 Å². The first-order valence-electron chi connectivity index (χ1n) is 7.49. The van der Waals surface area contributed by atoms with Crippen LogP contribution in [0.3, 0.4) is 0 Å². The van der Waals surface area contributed by atoms with Crippen LogP contribution >= 0.6 is 11.8 Å². The Morgan fingerprint density at radius 2 is 2.26 bits per heavy atom. The number of nitrogens with zero attached hydrogens (tertiary/aromatic N) is 3. The summed E-state index contributed by atoms with van der Waals surface area (Å²) >= 11 is 1.49. The highest BCUT2D eigenvalue weighted by Gasteiger charge is 2.32. The van der Waals surface area contributed by atoms with Crippen LogP contribution in [0.4, 0.5) is 10.5 Å². The summed E-state index contributed by atoms with van der Waals surface area (Å²) in [7, 11) is 0. The van der Waals surface area contributed by atoms with Gasteiger partial charge in [0.15, 0.2) is 0 Å². The molecular weight excluding hydrogens is 318 g/mol. The van der Waals surface area contributed by atoms with E-state index in [0.717, 1.165) is 12.8 Å². The Labute approximate surface area is 139 Å². The van der Waals surface area contributed by atoms with Crippen molar-refractivity contribution < 1.29 is 14.5 Å². The summed E-state index contributed by atoms with van der Waals surface area (Å²) in [5.74, 6) is 0.698. The third-order valence-corrected chi connectivity index (χ3v) is 4.45. The van der Waals surface area contributed by atoms with Crippen molar-refractivity contribution in [2.75, 3.05) is 12.3 Å². The van der Waals surface area contributed by atoms with Crippen molar-refractivity contribution >= 4 is 23.5 Å². The molecule has 1 unspecified atom stereocenters. The van der Waals surface area contributed by atoms with Gasteiger partial charge in [0.25, 0.3) is 5.69 Å². The normalized spacial score (nSPS) is 18.0. The fourth-order valence-corrected chi connectivity index (χ4v) is 3.32. The Morgan fingerprint density at radius 1 is 1.52 bits per heavy atom. The highest BCUT2D eigenvalue weighted by atomic mass is 32.2. The molecule has 1 aromatic rings. The summed E-state index contributed by atoms with van der Waals surface area (Å²) in [5, 5.41) is 11.3. The largest absolute Gasteiger partial charge is 0.444 e. The van der Waals surface area contributed by atoms with Gasteiger partial charge in [-0.15, -0.1) is 11.8 Å². The predicted molar refractivity (Wildman–Crippen MR) is 87.6 cm³/mol. The molecule has 0 aromatic carbocycles. The van der Waals surface area contributed by atoms with Crippen molar-refractivity contribution in [3.05, 3.63) is 28.4 Å². The Morgan fingerprint density at radius 3 is 2.83 bits per heavy atom. The second-order valence-electron chi connectivity index (χ2n) is 6.39. The summed E-state index contributed by atoms with van der Waals surface area (Å²) in [6, 6.07) is 3.18. The smallest absolute Gasteiger partial charge is 0.410 e. The molecule has 1 aliphatic heterocycles. The minimum Gasteiger partial charge on any atom is -0.444 e. The van der Waals surface area contributed by atoms with E-state index < -0.39 is 10.5 Å². The molecular formula is C15H21N3O4S. The first kappa shape index (κ1) is 17.5. The van der Waals surface area contributed by atoms with E-state index in [2.05, 4.69) is 4.98 Å². The molecule has 8 heteroatoms. The van der Waals surface area contributed by atoms with E-state index in [9.17, 15) is 14.9 Å². The van der Waals surface area contributed by atoms with E-state index in [1.54, 1.807) is 11.0 Å². The minimum absolute atomic E-state index is 0.0226. The number of ether oxygens (including phenoxy) is 1. The molecule has 23 heavy (non-hydrogen) atoms. The molecule has 1 aromatic heterocycles. The van der Waals surface area contributed by atoms with Crippen LogP contribution < -0.4 is 0 Å². The monoisotopic (exact) mass is 339 g/mol. The number of aromatic nitrogens is 1. The zero-order chi connectivity index (χ0) is 17.0. The standard InChI is InChI=1S/C15H21N3O4S/c1-15(2,3)22-14(19)17-8-4-5-12(17)10-23-13-7-6-11(9-16-13)18(20)21/h6-7,9,12H,4-5,8,10H2,1-3H3. The van der Waals surface area contributed by atoms with E-state index in [4.69, 9.17) is 4.74 Å². The Balaban J connectivity index is 1.91. The second kappa shape index (κ2) is 7.16. The van der Waals surface area contributed by atoms with Crippen LogP contribution in [0, 0.1) is 10.1 Å². The summed E-state index contributed by atoms with van der Waals surface area (Å²) in [5.41, 5.74) is -0.525. The number of rotatable bonds is 4. The summed E-state index contributed by atoms with van der Waals surface area (Å²) in [6.07, 6.45) is 2.86. The molecule has 1 amide bonds. The highest BCUT2D eigenvalue weighted by Crippen LogP contribution is 2.27. The molecule has 1 fully saturated rings. The minimum atomic E-state index is -0.503. The Bertz CT molecular complexity index is 571. The van der Waals surface area contributed by atoms with Gasteiger partial charge in [-0.3, -0.25) is 10.1 Å². The zero-order valence-corrected chi connectivity index (χ0v) is 14.3. The predicted octanol–water partition coefficient (Wildman–Crippen LogP) is 3.48. The maximum atomic E-state index is 12.2. The summed E-state index contributed by atoms with van der Waals surface area (Å²) in [6.45, 7) is 6.26. The first-order chi connectivity index (χ1) is 10.8. The van der Waals surface area contributed by atoms with Crippen LogP contribution in [0.5, 0.6) is 0 Å². The molecule has 2 rings (SSSR count). The molecule has 126 valence electrons.